The van der Waals surface area contributed by atoms with Crippen LogP contribution >= 0.6 is 0 Å². The van der Waals surface area contributed by atoms with Gasteiger partial charge in [-0.2, -0.15) is 0 Å². The number of rotatable bonds is 3. The average Bonchev–Trinajstić information content (AvgIpc) is 2.68. The Morgan fingerprint density at radius 2 is 1.88 bits per heavy atom. The van der Waals surface area contributed by atoms with Gasteiger partial charge in [-0.1, -0.05) is 11.2 Å². The fraction of sp³-hybridized carbons (Fsp3) is 0.250. The maximum absolute atomic E-state index is 5.73. The highest BCUT2D eigenvalue weighted by Gasteiger charge is 2.14. The number of nitrogens with two attached hydrogens (primary N) is 1. The predicted octanol–water partition coefficient (Wildman–Crippen LogP) is 2.25. The smallest absolute Gasteiger partial charge is 0.230 e. The number of hydrogen-bond donors (Lipinski definition) is 1. The van der Waals surface area contributed by atoms with Gasteiger partial charge >= 0.3 is 0 Å². The van der Waals surface area contributed by atoms with E-state index in [0.29, 0.717) is 17.4 Å². The fourth-order valence-corrected chi connectivity index (χ4v) is 1.73. The molecule has 0 aliphatic carbocycles. The van der Waals surface area contributed by atoms with E-state index in [0.717, 1.165) is 16.8 Å². The van der Waals surface area contributed by atoms with Gasteiger partial charge < -0.3 is 19.7 Å². The molecule has 90 valence electrons. The van der Waals surface area contributed by atoms with Crippen molar-refractivity contribution in [2.45, 2.75) is 6.92 Å². The minimum absolute atomic E-state index is 0.301. The zero-order chi connectivity index (χ0) is 12.4. The lowest BCUT2D eigenvalue weighted by atomic mass is 10.1. The molecule has 0 saturated heterocycles. The second kappa shape index (κ2) is 4.37. The summed E-state index contributed by atoms with van der Waals surface area (Å²) >= 11 is 0. The monoisotopic (exact) mass is 234 g/mol. The van der Waals surface area contributed by atoms with Gasteiger partial charge in [-0.25, -0.2) is 0 Å². The molecule has 0 spiro atoms. The normalized spacial score (nSPS) is 10.3. The molecular weight excluding hydrogens is 220 g/mol. The number of aromatic nitrogens is 1. The minimum atomic E-state index is 0.301. The van der Waals surface area contributed by atoms with E-state index in [9.17, 15) is 0 Å². The van der Waals surface area contributed by atoms with Crippen molar-refractivity contribution in [3.8, 4) is 22.6 Å². The molecule has 0 unspecified atom stereocenters. The van der Waals surface area contributed by atoms with E-state index in [1.807, 2.05) is 25.1 Å². The zero-order valence-electron chi connectivity index (χ0n) is 9.98. The quantitative estimate of drug-likeness (QED) is 0.881. The molecule has 5 heteroatoms. The number of nitrogen functional groups attached to an aromatic ring is 1. The van der Waals surface area contributed by atoms with Crippen molar-refractivity contribution < 1.29 is 14.0 Å². The van der Waals surface area contributed by atoms with Gasteiger partial charge in [-0.05, 0) is 24.6 Å². The highest BCUT2D eigenvalue weighted by atomic mass is 16.5. The third-order valence-corrected chi connectivity index (χ3v) is 2.56. The van der Waals surface area contributed by atoms with Gasteiger partial charge in [0.25, 0.3) is 0 Å². The summed E-state index contributed by atoms with van der Waals surface area (Å²) in [5.74, 6) is 1.61. The van der Waals surface area contributed by atoms with Gasteiger partial charge in [-0.3, -0.25) is 0 Å². The molecule has 2 aromatic rings. The molecule has 17 heavy (non-hydrogen) atoms. The van der Waals surface area contributed by atoms with Crippen molar-refractivity contribution in [3.05, 3.63) is 23.9 Å². The number of benzene rings is 1. The third kappa shape index (κ3) is 1.91. The number of ether oxygens (including phenoxy) is 2. The Morgan fingerprint density at radius 1 is 1.18 bits per heavy atom. The van der Waals surface area contributed by atoms with E-state index in [4.69, 9.17) is 19.7 Å². The van der Waals surface area contributed by atoms with Crippen LogP contribution in [0.5, 0.6) is 11.5 Å². The summed E-state index contributed by atoms with van der Waals surface area (Å²) in [5.41, 5.74) is 8.15. The van der Waals surface area contributed by atoms with E-state index in [2.05, 4.69) is 5.16 Å². The van der Waals surface area contributed by atoms with Crippen LogP contribution in [0.2, 0.25) is 0 Å². The summed E-state index contributed by atoms with van der Waals surface area (Å²) < 4.78 is 15.3. The van der Waals surface area contributed by atoms with Crippen LogP contribution < -0.4 is 15.2 Å². The average molecular weight is 234 g/mol. The first-order valence-corrected chi connectivity index (χ1v) is 5.11. The van der Waals surface area contributed by atoms with E-state index in [1.54, 1.807) is 14.2 Å². The van der Waals surface area contributed by atoms with Crippen LogP contribution in [0.25, 0.3) is 11.1 Å². The highest BCUT2D eigenvalue weighted by Crippen LogP contribution is 2.35. The topological polar surface area (TPSA) is 70.5 Å². The Morgan fingerprint density at radius 3 is 2.41 bits per heavy atom. The maximum atomic E-state index is 5.73. The number of hydrogen-bond acceptors (Lipinski definition) is 5. The Kier molecular flexibility index (Phi) is 2.91. The molecule has 0 atom stereocenters. The number of anilines is 1. The minimum Gasteiger partial charge on any atom is -0.493 e. The fourth-order valence-electron chi connectivity index (χ4n) is 1.73. The molecule has 2 rings (SSSR count). The van der Waals surface area contributed by atoms with Crippen molar-refractivity contribution in [2.75, 3.05) is 20.0 Å². The molecular formula is C12H14N2O3. The van der Waals surface area contributed by atoms with E-state index in [1.165, 1.54) is 0 Å². The summed E-state index contributed by atoms with van der Waals surface area (Å²) in [6.07, 6.45) is 0. The van der Waals surface area contributed by atoms with Gasteiger partial charge in [0.15, 0.2) is 11.5 Å². The first-order valence-electron chi connectivity index (χ1n) is 5.11. The summed E-state index contributed by atoms with van der Waals surface area (Å²) in [7, 11) is 3.18. The standard InChI is InChI=1S/C12H14N2O3/c1-7-11(12(13)17-14-7)8-4-5-9(15-2)10(6-8)16-3/h4-6H,13H2,1-3H3. The molecule has 5 nitrogen and oxygen atoms in total. The van der Waals surface area contributed by atoms with Gasteiger partial charge in [0.05, 0.1) is 25.5 Å². The van der Waals surface area contributed by atoms with Gasteiger partial charge in [0, 0.05) is 0 Å². The SMILES string of the molecule is COc1ccc(-c2c(C)noc2N)cc1OC. The second-order valence-electron chi connectivity index (χ2n) is 3.58. The third-order valence-electron chi connectivity index (χ3n) is 2.56. The van der Waals surface area contributed by atoms with E-state index >= 15 is 0 Å². The number of methoxy groups -OCH3 is 2. The predicted molar refractivity (Wildman–Crippen MR) is 64.2 cm³/mol. The zero-order valence-corrected chi connectivity index (χ0v) is 9.98. The lowest BCUT2D eigenvalue weighted by Gasteiger charge is -2.09. The first kappa shape index (κ1) is 11.3. The Labute approximate surface area is 99.1 Å². The molecule has 2 N–H and O–H groups in total. The van der Waals surface area contributed by atoms with E-state index < -0.39 is 0 Å². The van der Waals surface area contributed by atoms with Crippen molar-refractivity contribution >= 4 is 5.88 Å². The molecule has 1 aromatic heterocycles. The largest absolute Gasteiger partial charge is 0.493 e. The maximum Gasteiger partial charge on any atom is 0.230 e. The van der Waals surface area contributed by atoms with Crippen LogP contribution in [-0.4, -0.2) is 19.4 Å². The van der Waals surface area contributed by atoms with Crippen molar-refractivity contribution in [1.29, 1.82) is 0 Å². The highest BCUT2D eigenvalue weighted by molar-refractivity contribution is 5.76. The van der Waals surface area contributed by atoms with Gasteiger partial charge in [0.2, 0.25) is 5.88 Å². The van der Waals surface area contributed by atoms with Crippen LogP contribution in [0.1, 0.15) is 5.69 Å². The Hall–Kier alpha value is -2.17. The van der Waals surface area contributed by atoms with Crippen LogP contribution in [0.15, 0.2) is 22.7 Å². The molecule has 1 heterocycles. The molecule has 0 bridgehead atoms. The molecule has 0 saturated carbocycles. The van der Waals surface area contributed by atoms with Crippen LogP contribution in [0, 0.1) is 6.92 Å². The molecule has 0 fully saturated rings. The van der Waals surface area contributed by atoms with Crippen LogP contribution in [0.3, 0.4) is 0 Å². The number of nitrogens with zero attached hydrogens (tertiary/aromatic N) is 1. The molecule has 0 aliphatic heterocycles. The van der Waals surface area contributed by atoms with Crippen molar-refractivity contribution in [3.63, 3.8) is 0 Å². The summed E-state index contributed by atoms with van der Waals surface area (Å²) in [4.78, 5) is 0. The van der Waals surface area contributed by atoms with Crippen LogP contribution in [-0.2, 0) is 0 Å². The summed E-state index contributed by atoms with van der Waals surface area (Å²) in [5, 5.41) is 3.82. The molecule has 0 radical (unpaired) electrons. The summed E-state index contributed by atoms with van der Waals surface area (Å²) in [6.45, 7) is 1.84. The van der Waals surface area contributed by atoms with E-state index in [-0.39, 0.29) is 0 Å². The lowest BCUT2D eigenvalue weighted by molar-refractivity contribution is 0.355. The van der Waals surface area contributed by atoms with Crippen molar-refractivity contribution in [2.24, 2.45) is 0 Å². The van der Waals surface area contributed by atoms with Gasteiger partial charge in [-0.15, -0.1) is 0 Å². The molecule has 0 aliphatic rings. The first-order chi connectivity index (χ1) is 8.17. The molecule has 0 amide bonds. The van der Waals surface area contributed by atoms with Gasteiger partial charge in [0.1, 0.15) is 0 Å². The Balaban J connectivity index is 2.54. The summed E-state index contributed by atoms with van der Waals surface area (Å²) in [6, 6.07) is 5.55. The van der Waals surface area contributed by atoms with Crippen molar-refractivity contribution in [1.82, 2.24) is 5.16 Å². The lowest BCUT2D eigenvalue weighted by Crippen LogP contribution is -1.92. The van der Waals surface area contributed by atoms with Crippen LogP contribution in [0.4, 0.5) is 5.88 Å². The Bertz CT molecular complexity index is 515. The second-order valence-corrected chi connectivity index (χ2v) is 3.58. The number of aryl methyl sites for hydroxylation is 1. The molecule has 1 aromatic carbocycles.